The van der Waals surface area contributed by atoms with Crippen LogP contribution in [-0.4, -0.2) is 10.5 Å². The van der Waals surface area contributed by atoms with E-state index in [0.717, 1.165) is 26.5 Å². The summed E-state index contributed by atoms with van der Waals surface area (Å²) in [4.78, 5) is 12.2. The predicted octanol–water partition coefficient (Wildman–Crippen LogP) is 4.45. The number of para-hydroxylation sites is 1. The van der Waals surface area contributed by atoms with Crippen molar-refractivity contribution in [2.24, 2.45) is 7.05 Å². The molecule has 1 heterocycles. The molecule has 0 unspecified atom stereocenters. The van der Waals surface area contributed by atoms with Crippen LogP contribution in [0.3, 0.4) is 0 Å². The lowest BCUT2D eigenvalue weighted by atomic mass is 10.1. The fourth-order valence-corrected chi connectivity index (χ4v) is 3.40. The minimum atomic E-state index is -0.0136. The minimum Gasteiger partial charge on any atom is -0.352 e. The van der Waals surface area contributed by atoms with E-state index in [4.69, 9.17) is 11.6 Å². The average Bonchev–Trinajstić information content (AvgIpc) is 2.83. The number of nitrogens with zero attached hydrogens (tertiary/aromatic N) is 1. The summed E-state index contributed by atoms with van der Waals surface area (Å²) in [5, 5.41) is 4.69. The van der Waals surface area contributed by atoms with Gasteiger partial charge in [0.1, 0.15) is 0 Å². The fourth-order valence-electron chi connectivity index (χ4n) is 2.66. The van der Waals surface area contributed by atoms with E-state index in [9.17, 15) is 4.79 Å². The summed E-state index contributed by atoms with van der Waals surface area (Å²) in [6.07, 6.45) is 2.37. The second kappa shape index (κ2) is 6.77. The largest absolute Gasteiger partial charge is 0.352 e. The number of amides is 1. The lowest BCUT2D eigenvalue weighted by molar-refractivity contribution is -0.120. The molecule has 1 amide bonds. The van der Waals surface area contributed by atoms with Crippen LogP contribution < -0.4 is 5.32 Å². The smallest absolute Gasteiger partial charge is 0.224 e. The number of carbonyl (C=O) groups excluding carboxylic acids is 1. The van der Waals surface area contributed by atoms with Crippen molar-refractivity contribution in [3.63, 3.8) is 0 Å². The van der Waals surface area contributed by atoms with Gasteiger partial charge >= 0.3 is 0 Å². The maximum atomic E-state index is 12.2. The quantitative estimate of drug-likeness (QED) is 0.700. The minimum absolute atomic E-state index is 0.0136. The molecule has 3 rings (SSSR count). The number of aryl methyl sites for hydroxylation is 1. The Bertz CT molecular complexity index is 873. The van der Waals surface area contributed by atoms with E-state index in [-0.39, 0.29) is 5.91 Å². The average molecular weight is 392 g/mol. The molecule has 5 heteroatoms. The van der Waals surface area contributed by atoms with Crippen molar-refractivity contribution in [1.29, 1.82) is 0 Å². The number of halogens is 2. The molecule has 2 aromatic carbocycles. The second-order valence-corrected chi connectivity index (χ2v) is 6.79. The molecule has 118 valence electrons. The molecule has 0 aliphatic carbocycles. The van der Waals surface area contributed by atoms with Crippen molar-refractivity contribution >= 4 is 44.3 Å². The molecule has 0 bridgehead atoms. The molecule has 1 N–H and O–H groups in total. The number of aromatic nitrogens is 1. The van der Waals surface area contributed by atoms with Gasteiger partial charge in [-0.1, -0.05) is 51.8 Å². The zero-order valence-corrected chi connectivity index (χ0v) is 15.0. The monoisotopic (exact) mass is 390 g/mol. The zero-order chi connectivity index (χ0) is 16.4. The van der Waals surface area contributed by atoms with Gasteiger partial charge in [0.25, 0.3) is 0 Å². The number of hydrogen-bond acceptors (Lipinski definition) is 1. The van der Waals surface area contributed by atoms with E-state index in [1.807, 2.05) is 54.2 Å². The highest BCUT2D eigenvalue weighted by Gasteiger charge is 2.11. The number of benzene rings is 2. The van der Waals surface area contributed by atoms with Crippen LogP contribution in [0, 0.1) is 0 Å². The Kier molecular flexibility index (Phi) is 4.74. The first-order chi connectivity index (χ1) is 11.0. The molecule has 0 fully saturated rings. The molecular weight excluding hydrogens is 376 g/mol. The van der Waals surface area contributed by atoms with Gasteiger partial charge in [-0.25, -0.2) is 0 Å². The summed E-state index contributed by atoms with van der Waals surface area (Å²) >= 11 is 9.54. The molecular formula is C18H16BrClN2O. The number of rotatable bonds is 4. The van der Waals surface area contributed by atoms with Crippen LogP contribution >= 0.6 is 27.5 Å². The van der Waals surface area contributed by atoms with Crippen molar-refractivity contribution in [1.82, 2.24) is 9.88 Å². The first kappa shape index (κ1) is 16.1. The molecule has 3 aromatic rings. The van der Waals surface area contributed by atoms with Gasteiger partial charge in [0.15, 0.2) is 0 Å². The van der Waals surface area contributed by atoms with Crippen molar-refractivity contribution < 1.29 is 4.79 Å². The Morgan fingerprint density at radius 1 is 1.22 bits per heavy atom. The Morgan fingerprint density at radius 3 is 2.78 bits per heavy atom. The third kappa shape index (κ3) is 3.59. The summed E-state index contributed by atoms with van der Waals surface area (Å²) in [6.45, 7) is 0.426. The number of nitrogens with one attached hydrogen (secondary N) is 1. The molecule has 0 aliphatic rings. The summed E-state index contributed by atoms with van der Waals surface area (Å²) < 4.78 is 2.97. The zero-order valence-electron chi connectivity index (χ0n) is 12.6. The maximum absolute atomic E-state index is 12.2. The molecule has 3 nitrogen and oxygen atoms in total. The topological polar surface area (TPSA) is 34.0 Å². The summed E-state index contributed by atoms with van der Waals surface area (Å²) in [5.74, 6) is -0.0136. The molecule has 0 saturated heterocycles. The first-order valence-electron chi connectivity index (χ1n) is 7.28. The third-order valence-electron chi connectivity index (χ3n) is 3.82. The maximum Gasteiger partial charge on any atom is 0.224 e. The van der Waals surface area contributed by atoms with Crippen molar-refractivity contribution in [3.05, 3.63) is 69.3 Å². The van der Waals surface area contributed by atoms with Gasteiger partial charge in [0.2, 0.25) is 5.91 Å². The number of hydrogen-bond donors (Lipinski definition) is 1. The van der Waals surface area contributed by atoms with Gasteiger partial charge in [-0.05, 0) is 29.3 Å². The van der Waals surface area contributed by atoms with Crippen molar-refractivity contribution in [2.75, 3.05) is 0 Å². The number of fused-ring (bicyclic) bond motifs is 1. The van der Waals surface area contributed by atoms with Crippen LogP contribution in [0.2, 0.25) is 5.02 Å². The normalized spacial score (nSPS) is 10.9. The van der Waals surface area contributed by atoms with Crippen LogP contribution in [-0.2, 0) is 24.8 Å². The molecule has 23 heavy (non-hydrogen) atoms. The standard InChI is InChI=1S/C18H16BrClN2O/c1-22-11-13(15-4-2-3-5-17(15)22)8-18(23)21-10-12-6-7-14(19)9-16(12)20/h2-7,9,11H,8,10H2,1H3,(H,21,23). The second-order valence-electron chi connectivity index (χ2n) is 5.47. The highest BCUT2D eigenvalue weighted by Crippen LogP contribution is 2.22. The molecule has 0 radical (unpaired) electrons. The van der Waals surface area contributed by atoms with Gasteiger partial charge in [-0.2, -0.15) is 0 Å². The Labute approximate surface area is 148 Å². The fraction of sp³-hybridized carbons (Fsp3) is 0.167. The van der Waals surface area contributed by atoms with Gasteiger partial charge in [-0.15, -0.1) is 0 Å². The van der Waals surface area contributed by atoms with Gasteiger partial charge in [0, 0.05) is 40.2 Å². The van der Waals surface area contributed by atoms with Crippen molar-refractivity contribution in [2.45, 2.75) is 13.0 Å². The predicted molar refractivity (Wildman–Crippen MR) is 97.6 cm³/mol. The van der Waals surface area contributed by atoms with E-state index in [0.29, 0.717) is 18.0 Å². The van der Waals surface area contributed by atoms with Crippen LogP contribution in [0.1, 0.15) is 11.1 Å². The Hall–Kier alpha value is -1.78. The van der Waals surface area contributed by atoms with Crippen LogP contribution in [0.15, 0.2) is 53.1 Å². The van der Waals surface area contributed by atoms with Gasteiger partial charge < -0.3 is 9.88 Å². The number of carbonyl (C=O) groups is 1. The van der Waals surface area contributed by atoms with E-state index in [1.165, 1.54) is 0 Å². The third-order valence-corrected chi connectivity index (χ3v) is 4.67. The van der Waals surface area contributed by atoms with E-state index in [1.54, 1.807) is 0 Å². The summed E-state index contributed by atoms with van der Waals surface area (Å²) in [7, 11) is 1.99. The van der Waals surface area contributed by atoms with E-state index in [2.05, 4.69) is 27.3 Å². The molecule has 0 atom stereocenters. The molecule has 0 aliphatic heterocycles. The molecule has 0 spiro atoms. The van der Waals surface area contributed by atoms with Gasteiger partial charge in [-0.3, -0.25) is 4.79 Å². The van der Waals surface area contributed by atoms with Crippen molar-refractivity contribution in [3.8, 4) is 0 Å². The highest BCUT2D eigenvalue weighted by molar-refractivity contribution is 9.10. The molecule has 1 aromatic heterocycles. The summed E-state index contributed by atoms with van der Waals surface area (Å²) in [5.41, 5.74) is 3.06. The van der Waals surface area contributed by atoms with Crippen LogP contribution in [0.25, 0.3) is 10.9 Å². The first-order valence-corrected chi connectivity index (χ1v) is 8.45. The molecule has 0 saturated carbocycles. The summed E-state index contributed by atoms with van der Waals surface area (Å²) in [6, 6.07) is 13.7. The van der Waals surface area contributed by atoms with E-state index < -0.39 is 0 Å². The lowest BCUT2D eigenvalue weighted by Crippen LogP contribution is -2.24. The highest BCUT2D eigenvalue weighted by atomic mass is 79.9. The van der Waals surface area contributed by atoms with Gasteiger partial charge in [0.05, 0.1) is 6.42 Å². The SMILES string of the molecule is Cn1cc(CC(=O)NCc2ccc(Br)cc2Cl)c2ccccc21. The lowest BCUT2D eigenvalue weighted by Gasteiger charge is -2.07. The van der Waals surface area contributed by atoms with Crippen LogP contribution in [0.4, 0.5) is 0 Å². The van der Waals surface area contributed by atoms with Crippen LogP contribution in [0.5, 0.6) is 0 Å². The Balaban J connectivity index is 1.69. The Morgan fingerprint density at radius 2 is 2.00 bits per heavy atom. The van der Waals surface area contributed by atoms with E-state index >= 15 is 0 Å².